The minimum atomic E-state index is -3.11. The number of nitrogens with one attached hydrogen (secondary N) is 1. The van der Waals surface area contributed by atoms with E-state index in [9.17, 15) is 8.42 Å². The highest BCUT2D eigenvalue weighted by Gasteiger charge is 2.28. The third-order valence-corrected chi connectivity index (χ3v) is 6.49. The van der Waals surface area contributed by atoms with Gasteiger partial charge < -0.3 is 0 Å². The Morgan fingerprint density at radius 2 is 1.95 bits per heavy atom. The Labute approximate surface area is 122 Å². The van der Waals surface area contributed by atoms with E-state index in [0.29, 0.717) is 10.6 Å². The lowest BCUT2D eigenvalue weighted by molar-refractivity contribution is 0.597. The summed E-state index contributed by atoms with van der Waals surface area (Å²) in [4.78, 5) is 0. The van der Waals surface area contributed by atoms with Crippen LogP contribution >= 0.6 is 11.3 Å². The molecule has 0 bridgehead atoms. The van der Waals surface area contributed by atoms with Gasteiger partial charge in [-0.3, -0.25) is 5.43 Å². The van der Waals surface area contributed by atoms with Gasteiger partial charge in [-0.1, -0.05) is 17.7 Å². The van der Waals surface area contributed by atoms with Crippen molar-refractivity contribution < 1.29 is 8.42 Å². The molecule has 0 spiro atoms. The van der Waals surface area contributed by atoms with Crippen LogP contribution in [0.2, 0.25) is 0 Å². The summed E-state index contributed by atoms with van der Waals surface area (Å²) in [5.74, 6) is 0.134. The van der Waals surface area contributed by atoms with Crippen LogP contribution in [-0.2, 0) is 9.84 Å². The van der Waals surface area contributed by atoms with Crippen molar-refractivity contribution in [2.75, 3.05) is 11.2 Å². The molecule has 0 saturated heterocycles. The van der Waals surface area contributed by atoms with Crippen molar-refractivity contribution >= 4 is 32.6 Å². The molecule has 1 aromatic carbocycles. The number of aryl methyl sites for hydroxylation is 1. The number of anilines is 1. The number of fused-ring (bicyclic) bond motifs is 1. The van der Waals surface area contributed by atoms with E-state index in [1.165, 1.54) is 16.9 Å². The average molecular weight is 306 g/mol. The molecule has 0 amide bonds. The van der Waals surface area contributed by atoms with Gasteiger partial charge in [0.15, 0.2) is 9.84 Å². The molecule has 20 heavy (non-hydrogen) atoms. The molecule has 0 fully saturated rings. The van der Waals surface area contributed by atoms with Gasteiger partial charge in [-0.15, -0.1) is 11.3 Å². The van der Waals surface area contributed by atoms with E-state index in [0.717, 1.165) is 17.0 Å². The van der Waals surface area contributed by atoms with Crippen LogP contribution < -0.4 is 5.43 Å². The minimum Gasteiger partial charge on any atom is -0.278 e. The van der Waals surface area contributed by atoms with E-state index in [1.54, 1.807) is 5.38 Å². The van der Waals surface area contributed by atoms with Crippen molar-refractivity contribution in [2.45, 2.75) is 17.6 Å². The van der Waals surface area contributed by atoms with Crippen molar-refractivity contribution in [3.05, 3.63) is 46.8 Å². The summed E-state index contributed by atoms with van der Waals surface area (Å²) in [6.07, 6.45) is 0.449. The van der Waals surface area contributed by atoms with Crippen molar-refractivity contribution in [1.29, 1.82) is 0 Å². The van der Waals surface area contributed by atoms with Gasteiger partial charge in [-0.05, 0) is 30.5 Å². The molecule has 1 aliphatic heterocycles. The van der Waals surface area contributed by atoms with Crippen molar-refractivity contribution in [1.82, 2.24) is 0 Å². The molecule has 0 saturated carbocycles. The number of nitrogens with zero attached hydrogens (tertiary/aromatic N) is 1. The van der Waals surface area contributed by atoms with Crippen LogP contribution in [0.3, 0.4) is 0 Å². The van der Waals surface area contributed by atoms with Gasteiger partial charge in [-0.25, -0.2) is 8.42 Å². The van der Waals surface area contributed by atoms with E-state index in [-0.39, 0.29) is 5.75 Å². The standard InChI is InChI=1S/C14H14N2O2S2/c1-10-2-4-11(5-3-10)15-16-13-7-9-20(17,18)14-12(13)6-8-19-14/h2-6,8,15H,7,9H2,1H3/b16-13-. The second-order valence-electron chi connectivity index (χ2n) is 4.73. The molecule has 0 unspecified atom stereocenters. The molecule has 0 aliphatic carbocycles. The lowest BCUT2D eigenvalue weighted by atomic mass is 10.1. The normalized spacial score (nSPS) is 18.8. The van der Waals surface area contributed by atoms with Crippen LogP contribution in [0, 0.1) is 6.92 Å². The molecule has 1 aliphatic rings. The molecule has 0 radical (unpaired) electrons. The zero-order chi connectivity index (χ0) is 14.2. The fourth-order valence-corrected chi connectivity index (χ4v) is 4.90. The molecule has 6 heteroatoms. The van der Waals surface area contributed by atoms with Crippen LogP contribution in [-0.4, -0.2) is 19.9 Å². The Balaban J connectivity index is 1.89. The summed E-state index contributed by atoms with van der Waals surface area (Å²) >= 11 is 1.26. The summed E-state index contributed by atoms with van der Waals surface area (Å²) < 4.78 is 24.3. The van der Waals surface area contributed by atoms with Crippen LogP contribution in [0.1, 0.15) is 17.5 Å². The van der Waals surface area contributed by atoms with Gasteiger partial charge in [0.05, 0.1) is 17.2 Å². The van der Waals surface area contributed by atoms with Crippen molar-refractivity contribution in [3.63, 3.8) is 0 Å². The smallest absolute Gasteiger partial charge is 0.188 e. The molecule has 4 nitrogen and oxygen atoms in total. The van der Waals surface area contributed by atoms with E-state index in [2.05, 4.69) is 10.5 Å². The summed E-state index contributed by atoms with van der Waals surface area (Å²) in [5, 5.41) is 6.17. The Morgan fingerprint density at radius 1 is 1.20 bits per heavy atom. The largest absolute Gasteiger partial charge is 0.278 e. The quantitative estimate of drug-likeness (QED) is 0.868. The third kappa shape index (κ3) is 2.48. The molecule has 0 atom stereocenters. The molecular formula is C14H14N2O2S2. The van der Waals surface area contributed by atoms with E-state index < -0.39 is 9.84 Å². The van der Waals surface area contributed by atoms with E-state index in [1.807, 2.05) is 37.3 Å². The monoisotopic (exact) mass is 306 g/mol. The first-order chi connectivity index (χ1) is 9.56. The first-order valence-corrected chi connectivity index (χ1v) is 8.79. The third-order valence-electron chi connectivity index (χ3n) is 3.20. The predicted octanol–water partition coefficient (Wildman–Crippen LogP) is 3.05. The maximum Gasteiger partial charge on any atom is 0.188 e. The molecule has 104 valence electrons. The number of hydrazone groups is 1. The highest BCUT2D eigenvalue weighted by Crippen LogP contribution is 2.30. The number of hydrogen-bond acceptors (Lipinski definition) is 5. The lowest BCUT2D eigenvalue weighted by Gasteiger charge is -2.14. The van der Waals surface area contributed by atoms with Crippen molar-refractivity contribution in [3.8, 4) is 0 Å². The number of thiophene rings is 1. The first-order valence-electron chi connectivity index (χ1n) is 6.26. The topological polar surface area (TPSA) is 58.5 Å². The Bertz CT molecular complexity index is 759. The second kappa shape index (κ2) is 5.03. The zero-order valence-corrected chi connectivity index (χ0v) is 12.6. The van der Waals surface area contributed by atoms with Gasteiger partial charge in [0.25, 0.3) is 0 Å². The fourth-order valence-electron chi connectivity index (χ4n) is 2.08. The maximum absolute atomic E-state index is 11.9. The SMILES string of the molecule is Cc1ccc(N/N=C2/CCS(=O)(=O)c3sccc32)cc1. The van der Waals surface area contributed by atoms with Gasteiger partial charge in [0.2, 0.25) is 0 Å². The lowest BCUT2D eigenvalue weighted by Crippen LogP contribution is -2.20. The van der Waals surface area contributed by atoms with E-state index in [4.69, 9.17) is 0 Å². The Hall–Kier alpha value is -1.66. The zero-order valence-electron chi connectivity index (χ0n) is 11.0. The maximum atomic E-state index is 11.9. The minimum absolute atomic E-state index is 0.134. The van der Waals surface area contributed by atoms with Gasteiger partial charge >= 0.3 is 0 Å². The first kappa shape index (κ1) is 13.3. The fraction of sp³-hybridized carbons (Fsp3) is 0.214. The predicted molar refractivity (Wildman–Crippen MR) is 82.3 cm³/mol. The molecule has 2 aromatic rings. The van der Waals surface area contributed by atoms with Gasteiger partial charge in [0, 0.05) is 12.0 Å². The Morgan fingerprint density at radius 3 is 2.70 bits per heavy atom. The summed E-state index contributed by atoms with van der Waals surface area (Å²) in [7, 11) is -3.11. The van der Waals surface area contributed by atoms with Crippen LogP contribution in [0.5, 0.6) is 0 Å². The summed E-state index contributed by atoms with van der Waals surface area (Å²) in [6.45, 7) is 2.03. The highest BCUT2D eigenvalue weighted by atomic mass is 32.2. The summed E-state index contributed by atoms with van der Waals surface area (Å²) in [5.41, 5.74) is 6.62. The number of rotatable bonds is 2. The highest BCUT2D eigenvalue weighted by molar-refractivity contribution is 7.93. The average Bonchev–Trinajstić information content (AvgIpc) is 2.91. The Kier molecular flexibility index (Phi) is 3.35. The van der Waals surface area contributed by atoms with Crippen LogP contribution in [0.25, 0.3) is 0 Å². The molecular weight excluding hydrogens is 292 g/mol. The molecule has 3 rings (SSSR count). The van der Waals surface area contributed by atoms with Gasteiger partial charge in [0.1, 0.15) is 4.21 Å². The molecule has 1 aromatic heterocycles. The van der Waals surface area contributed by atoms with Crippen molar-refractivity contribution in [2.24, 2.45) is 5.10 Å². The summed E-state index contributed by atoms with van der Waals surface area (Å²) in [6, 6.07) is 9.74. The number of sulfone groups is 1. The second-order valence-corrected chi connectivity index (χ2v) is 7.95. The molecule has 1 N–H and O–H groups in total. The van der Waals surface area contributed by atoms with Gasteiger partial charge in [-0.2, -0.15) is 5.10 Å². The van der Waals surface area contributed by atoms with Crippen LogP contribution in [0.15, 0.2) is 45.0 Å². The van der Waals surface area contributed by atoms with Crippen LogP contribution in [0.4, 0.5) is 5.69 Å². The number of benzene rings is 1. The number of hydrogen-bond donors (Lipinski definition) is 1. The van der Waals surface area contributed by atoms with E-state index >= 15 is 0 Å². The molecule has 2 heterocycles.